The maximum absolute atomic E-state index is 12.5. The Morgan fingerprint density at radius 3 is 2.62 bits per heavy atom. The molecule has 3 aromatic rings. The molecule has 134 valence electrons. The first-order valence-electron chi connectivity index (χ1n) is 8.60. The molecule has 1 aliphatic heterocycles. The van der Waals surface area contributed by atoms with Crippen molar-refractivity contribution < 1.29 is 9.47 Å². The van der Waals surface area contributed by atoms with Gasteiger partial charge in [0.2, 0.25) is 0 Å². The van der Waals surface area contributed by atoms with Gasteiger partial charge in [-0.1, -0.05) is 13.8 Å². The van der Waals surface area contributed by atoms with Crippen LogP contribution < -0.4 is 15.0 Å². The summed E-state index contributed by atoms with van der Waals surface area (Å²) in [6.07, 6.45) is 0. The molecule has 1 aromatic carbocycles. The van der Waals surface area contributed by atoms with Crippen molar-refractivity contribution in [2.45, 2.75) is 26.7 Å². The van der Waals surface area contributed by atoms with Crippen molar-refractivity contribution in [1.29, 1.82) is 0 Å². The summed E-state index contributed by atoms with van der Waals surface area (Å²) in [5.41, 5.74) is 1.85. The molecule has 0 radical (unpaired) electrons. The van der Waals surface area contributed by atoms with E-state index >= 15 is 0 Å². The summed E-state index contributed by atoms with van der Waals surface area (Å²) in [6.45, 7) is 6.93. The summed E-state index contributed by atoms with van der Waals surface area (Å²) >= 11 is 0. The van der Waals surface area contributed by atoms with Crippen LogP contribution >= 0.6 is 0 Å². The van der Waals surface area contributed by atoms with Crippen molar-refractivity contribution in [3.63, 3.8) is 0 Å². The number of hydrogen-bond acceptors (Lipinski definition) is 5. The largest absolute Gasteiger partial charge is 0.486 e. The third kappa shape index (κ3) is 2.85. The molecule has 1 aliphatic rings. The van der Waals surface area contributed by atoms with Crippen molar-refractivity contribution in [1.82, 2.24) is 19.7 Å². The molecule has 4 rings (SSSR count). The van der Waals surface area contributed by atoms with E-state index in [1.165, 1.54) is 0 Å². The fourth-order valence-electron chi connectivity index (χ4n) is 2.84. The molecule has 0 fully saturated rings. The van der Waals surface area contributed by atoms with Gasteiger partial charge >= 0.3 is 0 Å². The fraction of sp³-hybridized carbons (Fsp3) is 0.316. The molecule has 0 saturated carbocycles. The minimum absolute atomic E-state index is 0.136. The number of H-pyrrole nitrogens is 1. The van der Waals surface area contributed by atoms with E-state index in [0.717, 1.165) is 11.4 Å². The minimum atomic E-state index is -0.188. The Hall–Kier alpha value is -3.09. The van der Waals surface area contributed by atoms with Gasteiger partial charge in [-0.15, -0.1) is 0 Å². The van der Waals surface area contributed by atoms with E-state index in [4.69, 9.17) is 9.47 Å². The quantitative estimate of drug-likeness (QED) is 0.784. The molecule has 2 aromatic heterocycles. The minimum Gasteiger partial charge on any atom is -0.486 e. The van der Waals surface area contributed by atoms with Crippen LogP contribution in [0.15, 0.2) is 35.1 Å². The van der Waals surface area contributed by atoms with Gasteiger partial charge in [-0.3, -0.25) is 4.79 Å². The topological polar surface area (TPSA) is 82.0 Å². The zero-order valence-corrected chi connectivity index (χ0v) is 14.9. The van der Waals surface area contributed by atoms with Crippen LogP contribution in [0.5, 0.6) is 11.5 Å². The lowest BCUT2D eigenvalue weighted by Gasteiger charge is -2.19. The zero-order chi connectivity index (χ0) is 18.3. The average Bonchev–Trinajstić information content (AvgIpc) is 3.06. The summed E-state index contributed by atoms with van der Waals surface area (Å²) in [6, 6.07) is 9.23. The molecule has 0 amide bonds. The van der Waals surface area contributed by atoms with Crippen molar-refractivity contribution in [3.05, 3.63) is 52.2 Å². The lowest BCUT2D eigenvalue weighted by molar-refractivity contribution is 0.171. The number of nitrogens with one attached hydrogen (secondary N) is 1. The monoisotopic (exact) mass is 352 g/mol. The molecule has 0 aliphatic carbocycles. The second kappa shape index (κ2) is 6.33. The van der Waals surface area contributed by atoms with Crippen molar-refractivity contribution in [3.8, 4) is 28.6 Å². The summed E-state index contributed by atoms with van der Waals surface area (Å²) in [5, 5.41) is 4.63. The normalized spacial score (nSPS) is 13.2. The molecule has 7 heteroatoms. The SMILES string of the molecule is Cc1ccc(-c2nc(C(C)C)nn2-c2ccc3c(c2)OCCO3)c(=O)[nH]1. The van der Waals surface area contributed by atoms with Gasteiger partial charge in [-0.25, -0.2) is 9.67 Å². The first-order valence-corrected chi connectivity index (χ1v) is 8.60. The first kappa shape index (κ1) is 16.4. The number of benzene rings is 1. The van der Waals surface area contributed by atoms with Gasteiger partial charge in [-0.05, 0) is 31.2 Å². The summed E-state index contributed by atoms with van der Waals surface area (Å²) < 4.78 is 12.9. The van der Waals surface area contributed by atoms with Gasteiger partial charge in [0.05, 0.1) is 11.3 Å². The molecule has 0 atom stereocenters. The highest BCUT2D eigenvalue weighted by atomic mass is 16.6. The molecule has 0 spiro atoms. The van der Waals surface area contributed by atoms with E-state index < -0.39 is 0 Å². The predicted molar refractivity (Wildman–Crippen MR) is 97.2 cm³/mol. The van der Waals surface area contributed by atoms with Crippen molar-refractivity contribution >= 4 is 0 Å². The highest BCUT2D eigenvalue weighted by Gasteiger charge is 2.20. The number of aromatic amines is 1. The Morgan fingerprint density at radius 1 is 1.12 bits per heavy atom. The number of ether oxygens (including phenoxy) is 2. The Labute approximate surface area is 150 Å². The van der Waals surface area contributed by atoms with Crippen LogP contribution in [0.2, 0.25) is 0 Å². The maximum atomic E-state index is 12.5. The van der Waals surface area contributed by atoms with E-state index in [-0.39, 0.29) is 11.5 Å². The Morgan fingerprint density at radius 2 is 1.88 bits per heavy atom. The summed E-state index contributed by atoms with van der Waals surface area (Å²) in [7, 11) is 0. The molecule has 0 saturated heterocycles. The van der Waals surface area contributed by atoms with E-state index in [0.29, 0.717) is 41.9 Å². The van der Waals surface area contributed by atoms with Crippen LogP contribution in [0.4, 0.5) is 0 Å². The predicted octanol–water partition coefficient (Wildman–Crippen LogP) is 2.83. The van der Waals surface area contributed by atoms with E-state index in [1.807, 2.05) is 45.0 Å². The standard InChI is InChI=1S/C19H20N4O3/c1-11(2)17-21-18(14-6-4-12(3)20-19(14)24)23(22-17)13-5-7-15-16(10-13)26-9-8-25-15/h4-7,10-11H,8-9H2,1-3H3,(H,20,24). The van der Waals surface area contributed by atoms with Gasteiger partial charge in [-0.2, -0.15) is 5.10 Å². The lowest BCUT2D eigenvalue weighted by atomic mass is 10.2. The smallest absolute Gasteiger partial charge is 0.259 e. The van der Waals surface area contributed by atoms with Gasteiger partial charge < -0.3 is 14.5 Å². The Bertz CT molecular complexity index is 1020. The zero-order valence-electron chi connectivity index (χ0n) is 14.9. The number of hydrogen-bond donors (Lipinski definition) is 1. The number of pyridine rings is 1. The highest BCUT2D eigenvalue weighted by molar-refractivity contribution is 5.59. The van der Waals surface area contributed by atoms with Crippen molar-refractivity contribution in [2.24, 2.45) is 0 Å². The van der Waals surface area contributed by atoms with Gasteiger partial charge in [0.15, 0.2) is 23.1 Å². The van der Waals surface area contributed by atoms with Crippen LogP contribution in [-0.2, 0) is 0 Å². The number of aryl methyl sites for hydroxylation is 1. The van der Waals surface area contributed by atoms with Crippen LogP contribution in [0.1, 0.15) is 31.3 Å². The number of fused-ring (bicyclic) bond motifs is 1. The third-order valence-corrected chi connectivity index (χ3v) is 4.21. The van der Waals surface area contributed by atoms with E-state index in [1.54, 1.807) is 10.7 Å². The molecule has 3 heterocycles. The molecular weight excluding hydrogens is 332 g/mol. The second-order valence-corrected chi connectivity index (χ2v) is 6.57. The Balaban J connectivity index is 1.89. The van der Waals surface area contributed by atoms with Gasteiger partial charge in [0.1, 0.15) is 13.2 Å². The summed E-state index contributed by atoms with van der Waals surface area (Å²) in [4.78, 5) is 19.9. The number of rotatable bonds is 3. The average molecular weight is 352 g/mol. The third-order valence-electron chi connectivity index (χ3n) is 4.21. The van der Waals surface area contributed by atoms with Crippen LogP contribution in [0.3, 0.4) is 0 Å². The van der Waals surface area contributed by atoms with Crippen LogP contribution in [0, 0.1) is 6.92 Å². The second-order valence-electron chi connectivity index (χ2n) is 6.57. The van der Waals surface area contributed by atoms with Crippen LogP contribution in [-0.4, -0.2) is 33.0 Å². The molecule has 26 heavy (non-hydrogen) atoms. The lowest BCUT2D eigenvalue weighted by Crippen LogP contribution is -2.16. The fourth-order valence-corrected chi connectivity index (χ4v) is 2.84. The first-order chi connectivity index (χ1) is 12.5. The molecule has 0 bridgehead atoms. The van der Waals surface area contributed by atoms with Gasteiger partial charge in [0, 0.05) is 17.7 Å². The highest BCUT2D eigenvalue weighted by Crippen LogP contribution is 2.33. The maximum Gasteiger partial charge on any atom is 0.259 e. The van der Waals surface area contributed by atoms with E-state index in [2.05, 4.69) is 15.1 Å². The summed E-state index contributed by atoms with van der Waals surface area (Å²) in [5.74, 6) is 2.69. The number of nitrogens with zero attached hydrogens (tertiary/aromatic N) is 3. The molecule has 0 unspecified atom stereocenters. The van der Waals surface area contributed by atoms with Crippen LogP contribution in [0.25, 0.3) is 17.1 Å². The number of aromatic nitrogens is 4. The van der Waals surface area contributed by atoms with E-state index in [9.17, 15) is 4.79 Å². The Kier molecular flexibility index (Phi) is 3.99. The van der Waals surface area contributed by atoms with Gasteiger partial charge in [0.25, 0.3) is 5.56 Å². The van der Waals surface area contributed by atoms with Crippen molar-refractivity contribution in [2.75, 3.05) is 13.2 Å². The molecule has 7 nitrogen and oxygen atoms in total. The molecular formula is C19H20N4O3. The molecule has 1 N–H and O–H groups in total.